The minimum absolute atomic E-state index is 0.164. The number of hydrogen-bond acceptors (Lipinski definition) is 3. The van der Waals surface area contributed by atoms with Gasteiger partial charge in [-0.25, -0.2) is 0 Å². The first-order valence-corrected chi connectivity index (χ1v) is 6.57. The van der Waals surface area contributed by atoms with E-state index in [0.717, 1.165) is 22.0 Å². The Kier molecular flexibility index (Phi) is 3.48. The van der Waals surface area contributed by atoms with E-state index in [1.165, 1.54) is 12.1 Å². The number of carboxylic acid groups (broad SMARTS) is 1. The van der Waals surface area contributed by atoms with Gasteiger partial charge in [0.1, 0.15) is 0 Å². The first-order valence-electron chi connectivity index (χ1n) is 6.57. The number of rotatable bonds is 3. The number of hydrogen-bond donors (Lipinski definition) is 0. The molecule has 0 N–H and O–H groups in total. The Bertz CT molecular complexity index is 815. The van der Waals surface area contributed by atoms with Crippen LogP contribution >= 0.6 is 0 Å². The summed E-state index contributed by atoms with van der Waals surface area (Å²) >= 11 is 0. The standard InChI is InChI=1S/C18H13NO2/c20-18(21)15-10-8-13(9-11-15)12-19-17-7-3-5-14-4-1-2-6-16(14)17/h1-12H,(H,20,21)/p-1. The maximum atomic E-state index is 10.7. The van der Waals surface area contributed by atoms with Crippen molar-refractivity contribution in [2.24, 2.45) is 4.99 Å². The van der Waals surface area contributed by atoms with Crippen LogP contribution in [0.25, 0.3) is 10.8 Å². The summed E-state index contributed by atoms with van der Waals surface area (Å²) in [5.41, 5.74) is 1.89. The van der Waals surface area contributed by atoms with Crippen LogP contribution in [0.5, 0.6) is 0 Å². The average Bonchev–Trinajstić information content (AvgIpc) is 2.53. The Morgan fingerprint density at radius 1 is 0.905 bits per heavy atom. The molecule has 0 heterocycles. The number of nitrogens with zero attached hydrogens (tertiary/aromatic N) is 1. The van der Waals surface area contributed by atoms with Crippen LogP contribution in [0.3, 0.4) is 0 Å². The molecule has 0 aliphatic rings. The van der Waals surface area contributed by atoms with Crippen LogP contribution in [-0.2, 0) is 0 Å². The molecular weight excluding hydrogens is 262 g/mol. The maximum Gasteiger partial charge on any atom is 0.0715 e. The lowest BCUT2D eigenvalue weighted by atomic mass is 10.1. The summed E-state index contributed by atoms with van der Waals surface area (Å²) in [6.07, 6.45) is 1.72. The van der Waals surface area contributed by atoms with Crippen molar-refractivity contribution < 1.29 is 9.90 Å². The van der Waals surface area contributed by atoms with Crippen LogP contribution in [0.4, 0.5) is 5.69 Å². The van der Waals surface area contributed by atoms with E-state index in [4.69, 9.17) is 0 Å². The molecule has 0 amide bonds. The van der Waals surface area contributed by atoms with E-state index >= 15 is 0 Å². The van der Waals surface area contributed by atoms with Crippen molar-refractivity contribution >= 4 is 28.6 Å². The molecule has 0 saturated carbocycles. The first-order chi connectivity index (χ1) is 10.2. The van der Waals surface area contributed by atoms with Gasteiger partial charge in [-0.1, -0.05) is 60.7 Å². The van der Waals surface area contributed by atoms with E-state index in [-0.39, 0.29) is 5.56 Å². The summed E-state index contributed by atoms with van der Waals surface area (Å²) in [6.45, 7) is 0. The van der Waals surface area contributed by atoms with Crippen LogP contribution in [0, 0.1) is 0 Å². The summed E-state index contributed by atoms with van der Waals surface area (Å²) in [4.78, 5) is 15.2. The van der Waals surface area contributed by atoms with Gasteiger partial charge < -0.3 is 9.90 Å². The molecule has 3 aromatic carbocycles. The lowest BCUT2D eigenvalue weighted by Gasteiger charge is -2.03. The van der Waals surface area contributed by atoms with E-state index < -0.39 is 5.97 Å². The average molecular weight is 274 g/mol. The van der Waals surface area contributed by atoms with Gasteiger partial charge in [0.05, 0.1) is 11.7 Å². The molecule has 3 rings (SSSR count). The fraction of sp³-hybridized carbons (Fsp3) is 0. The summed E-state index contributed by atoms with van der Waals surface area (Å²) in [7, 11) is 0. The third-order valence-electron chi connectivity index (χ3n) is 3.27. The van der Waals surface area contributed by atoms with Crippen molar-refractivity contribution in [1.29, 1.82) is 0 Å². The fourth-order valence-electron chi connectivity index (χ4n) is 2.17. The second-order valence-corrected chi connectivity index (χ2v) is 4.67. The summed E-state index contributed by atoms with van der Waals surface area (Å²) < 4.78 is 0. The van der Waals surface area contributed by atoms with Crippen LogP contribution in [-0.4, -0.2) is 12.2 Å². The molecule has 0 spiro atoms. The molecule has 3 nitrogen and oxygen atoms in total. The van der Waals surface area contributed by atoms with Gasteiger partial charge >= 0.3 is 0 Å². The number of fused-ring (bicyclic) bond motifs is 1. The zero-order valence-corrected chi connectivity index (χ0v) is 11.2. The Balaban J connectivity index is 1.92. The van der Waals surface area contributed by atoms with Crippen molar-refractivity contribution in [1.82, 2.24) is 0 Å². The van der Waals surface area contributed by atoms with E-state index in [1.807, 2.05) is 42.5 Å². The summed E-state index contributed by atoms with van der Waals surface area (Å²) in [5, 5.41) is 12.9. The third kappa shape index (κ3) is 2.82. The van der Waals surface area contributed by atoms with Gasteiger partial charge in [-0.2, -0.15) is 0 Å². The molecule has 3 aromatic rings. The molecule has 102 valence electrons. The van der Waals surface area contributed by atoms with Crippen molar-refractivity contribution in [3.8, 4) is 0 Å². The molecule has 0 atom stereocenters. The lowest BCUT2D eigenvalue weighted by Crippen LogP contribution is -2.21. The van der Waals surface area contributed by atoms with Crippen LogP contribution in [0.15, 0.2) is 71.7 Å². The van der Waals surface area contributed by atoms with Gasteiger partial charge in [-0.05, 0) is 22.6 Å². The molecule has 0 aliphatic heterocycles. The molecule has 21 heavy (non-hydrogen) atoms. The Morgan fingerprint density at radius 2 is 1.62 bits per heavy atom. The minimum atomic E-state index is -1.17. The normalized spacial score (nSPS) is 11.0. The quantitative estimate of drug-likeness (QED) is 0.689. The molecular formula is C18H12NO2-. The Morgan fingerprint density at radius 3 is 2.38 bits per heavy atom. The second-order valence-electron chi connectivity index (χ2n) is 4.67. The van der Waals surface area contributed by atoms with E-state index in [9.17, 15) is 9.90 Å². The van der Waals surface area contributed by atoms with Gasteiger partial charge in [0.25, 0.3) is 0 Å². The smallest absolute Gasteiger partial charge is 0.0715 e. The summed E-state index contributed by atoms with van der Waals surface area (Å²) in [5.74, 6) is -1.17. The number of carbonyl (C=O) groups excluding carboxylic acids is 1. The molecule has 0 bridgehead atoms. The van der Waals surface area contributed by atoms with Gasteiger partial charge in [0.2, 0.25) is 0 Å². The molecule has 0 fully saturated rings. The Hall–Kier alpha value is -2.94. The first kappa shape index (κ1) is 13.1. The van der Waals surface area contributed by atoms with E-state index in [2.05, 4.69) is 4.99 Å². The SMILES string of the molecule is O=C([O-])c1ccc(C=Nc2cccc3ccccc23)cc1. The highest BCUT2D eigenvalue weighted by atomic mass is 16.4. The number of aliphatic imine (C=N–C) groups is 1. The monoisotopic (exact) mass is 274 g/mol. The van der Waals surface area contributed by atoms with Crippen molar-refractivity contribution in [3.63, 3.8) is 0 Å². The molecule has 0 saturated heterocycles. The van der Waals surface area contributed by atoms with Gasteiger partial charge in [0, 0.05) is 11.6 Å². The minimum Gasteiger partial charge on any atom is -0.545 e. The predicted octanol–water partition coefficient (Wildman–Crippen LogP) is 2.95. The molecule has 0 unspecified atom stereocenters. The molecule has 0 aromatic heterocycles. The number of carboxylic acids is 1. The van der Waals surface area contributed by atoms with E-state index in [0.29, 0.717) is 0 Å². The van der Waals surface area contributed by atoms with Gasteiger partial charge in [-0.15, -0.1) is 0 Å². The van der Waals surface area contributed by atoms with Gasteiger partial charge in [-0.3, -0.25) is 4.99 Å². The zero-order valence-electron chi connectivity index (χ0n) is 11.2. The van der Waals surface area contributed by atoms with Crippen LogP contribution in [0.2, 0.25) is 0 Å². The fourth-order valence-corrected chi connectivity index (χ4v) is 2.17. The highest BCUT2D eigenvalue weighted by Gasteiger charge is 1.98. The lowest BCUT2D eigenvalue weighted by molar-refractivity contribution is -0.255. The van der Waals surface area contributed by atoms with E-state index in [1.54, 1.807) is 18.3 Å². The molecule has 0 radical (unpaired) electrons. The Labute approximate surface area is 122 Å². The molecule has 0 aliphatic carbocycles. The largest absolute Gasteiger partial charge is 0.545 e. The molecule has 3 heteroatoms. The third-order valence-corrected chi connectivity index (χ3v) is 3.27. The topological polar surface area (TPSA) is 52.5 Å². The van der Waals surface area contributed by atoms with Crippen molar-refractivity contribution in [2.45, 2.75) is 0 Å². The van der Waals surface area contributed by atoms with Crippen LogP contribution < -0.4 is 5.11 Å². The number of aromatic carboxylic acids is 1. The highest BCUT2D eigenvalue weighted by molar-refractivity contribution is 5.95. The summed E-state index contributed by atoms with van der Waals surface area (Å²) in [6, 6.07) is 20.5. The highest BCUT2D eigenvalue weighted by Crippen LogP contribution is 2.25. The van der Waals surface area contributed by atoms with Gasteiger partial charge in [0.15, 0.2) is 0 Å². The van der Waals surface area contributed by atoms with Crippen molar-refractivity contribution in [2.75, 3.05) is 0 Å². The predicted molar refractivity (Wildman–Crippen MR) is 82.0 cm³/mol. The number of carbonyl (C=O) groups is 1. The van der Waals surface area contributed by atoms with Crippen LogP contribution in [0.1, 0.15) is 15.9 Å². The van der Waals surface area contributed by atoms with Crippen molar-refractivity contribution in [3.05, 3.63) is 77.9 Å². The number of benzene rings is 3. The zero-order chi connectivity index (χ0) is 14.7. The maximum absolute atomic E-state index is 10.7. The second kappa shape index (κ2) is 5.59.